The number of fused-ring (bicyclic) bond motifs is 17. The Morgan fingerprint density at radius 2 is 0.667 bits per heavy atom. The zero-order valence-electron chi connectivity index (χ0n) is 45.2. The number of nitrogens with one attached hydrogen (secondary N) is 1. The molecule has 84 heavy (non-hydrogen) atoms. The minimum absolute atomic E-state index is 0.787. The molecule has 0 aliphatic rings. The van der Waals surface area contributed by atoms with Gasteiger partial charge in [-0.2, -0.15) is 0 Å². The van der Waals surface area contributed by atoms with Crippen molar-refractivity contribution >= 4 is 154 Å². The molecule has 0 spiro atoms. The second kappa shape index (κ2) is 18.1. The maximum Gasteiger partial charge on any atom is 0.143 e. The van der Waals surface area contributed by atoms with Crippen molar-refractivity contribution in [1.82, 2.24) is 4.98 Å². The van der Waals surface area contributed by atoms with Crippen LogP contribution in [0.2, 0.25) is 0 Å². The van der Waals surface area contributed by atoms with E-state index in [1.807, 2.05) is 0 Å². The van der Waals surface area contributed by atoms with Crippen molar-refractivity contribution in [3.8, 4) is 22.3 Å². The summed E-state index contributed by atoms with van der Waals surface area (Å²) in [7, 11) is 0. The molecule has 0 atom stereocenters. The van der Waals surface area contributed by atoms with Crippen LogP contribution in [0.4, 0.5) is 34.1 Å². The fourth-order valence-electron chi connectivity index (χ4n) is 13.6. The van der Waals surface area contributed by atoms with Crippen molar-refractivity contribution in [1.29, 1.82) is 0 Å². The van der Waals surface area contributed by atoms with Crippen molar-refractivity contribution in [2.24, 2.45) is 0 Å². The third kappa shape index (κ3) is 7.04. The van der Waals surface area contributed by atoms with Crippen molar-refractivity contribution in [3.05, 3.63) is 279 Å². The quantitative estimate of drug-likeness (QED) is 0.164. The highest BCUT2D eigenvalue weighted by Crippen LogP contribution is 2.51. The van der Waals surface area contributed by atoms with E-state index >= 15 is 0 Å². The zero-order chi connectivity index (χ0) is 55.0. The molecule has 4 heterocycles. The first-order valence-electron chi connectivity index (χ1n) is 28.5. The molecule has 392 valence electrons. The predicted octanol–water partition coefficient (Wildman–Crippen LogP) is 22.8. The molecule has 0 radical (unpaired) electrons. The molecule has 4 aromatic heterocycles. The standard InChI is InChI=1S/C78H47N3O3/c1-5-19-49(20-6-1)73-66-46-72-76(64-40-34-56(44-70(64)83-72)81(52-25-11-4-12-26-52)54-32-38-60-62-36-30-48-18-14-16-28-58(48)78(62)84-68(60)42-54)74(50-21-7-2-8-22-50)65(66)45-71-75(73)63-39-33-55(43-69(63)82-71)80(51-23-9-3-10-24-51)53-31-37-59-61-35-29-47-17-13-15-27-57(47)77(61)79-67(59)41-53/h1-46,79H. The second-order valence-corrected chi connectivity index (χ2v) is 22.0. The lowest BCUT2D eigenvalue weighted by atomic mass is 9.87. The fraction of sp³-hybridized carbons (Fsp3) is 0. The van der Waals surface area contributed by atoms with Gasteiger partial charge in [0.1, 0.15) is 33.5 Å². The summed E-state index contributed by atoms with van der Waals surface area (Å²) in [5, 5.41) is 15.6. The Morgan fingerprint density at radius 3 is 1.21 bits per heavy atom. The van der Waals surface area contributed by atoms with Gasteiger partial charge in [-0.25, -0.2) is 0 Å². The van der Waals surface area contributed by atoms with Crippen LogP contribution in [0.25, 0.3) is 142 Å². The molecule has 6 nitrogen and oxygen atoms in total. The van der Waals surface area contributed by atoms with E-state index in [4.69, 9.17) is 13.3 Å². The van der Waals surface area contributed by atoms with E-state index in [0.29, 0.717) is 0 Å². The number of nitrogens with zero attached hydrogens (tertiary/aromatic N) is 2. The lowest BCUT2D eigenvalue weighted by Crippen LogP contribution is -2.09. The monoisotopic (exact) mass is 1070 g/mol. The molecule has 0 fully saturated rings. The molecule has 1 N–H and O–H groups in total. The molecule has 0 amide bonds. The molecule has 18 aromatic rings. The normalized spacial score (nSPS) is 12.0. The Labute approximate surface area is 480 Å². The van der Waals surface area contributed by atoms with Crippen molar-refractivity contribution < 1.29 is 13.3 Å². The van der Waals surface area contributed by atoms with Gasteiger partial charge in [0.25, 0.3) is 0 Å². The van der Waals surface area contributed by atoms with E-state index in [0.717, 1.165) is 155 Å². The van der Waals surface area contributed by atoms with Gasteiger partial charge in [-0.15, -0.1) is 0 Å². The van der Waals surface area contributed by atoms with Crippen LogP contribution in [0, 0.1) is 0 Å². The summed E-state index contributed by atoms with van der Waals surface area (Å²) < 4.78 is 21.2. The Bertz CT molecular complexity index is 5330. The summed E-state index contributed by atoms with van der Waals surface area (Å²) in [5.74, 6) is 0. The fourth-order valence-corrected chi connectivity index (χ4v) is 13.6. The summed E-state index contributed by atoms with van der Waals surface area (Å²) in [4.78, 5) is 8.42. The lowest BCUT2D eigenvalue weighted by Gasteiger charge is -2.25. The molecule has 14 aromatic carbocycles. The van der Waals surface area contributed by atoms with E-state index in [9.17, 15) is 0 Å². The maximum absolute atomic E-state index is 7.23. The molecular formula is C78H47N3O3. The van der Waals surface area contributed by atoms with Gasteiger partial charge in [0.15, 0.2) is 0 Å². The van der Waals surface area contributed by atoms with Gasteiger partial charge in [0.05, 0.1) is 5.52 Å². The average Bonchev–Trinajstić information content (AvgIpc) is 2.55. The van der Waals surface area contributed by atoms with Crippen LogP contribution in [-0.2, 0) is 0 Å². The van der Waals surface area contributed by atoms with Crippen LogP contribution < -0.4 is 9.80 Å². The largest absolute Gasteiger partial charge is 0.456 e. The Kier molecular flexibility index (Phi) is 9.99. The molecule has 0 saturated carbocycles. The Balaban J connectivity index is 0.826. The number of para-hydroxylation sites is 2. The van der Waals surface area contributed by atoms with Crippen molar-refractivity contribution in [2.45, 2.75) is 0 Å². The van der Waals surface area contributed by atoms with E-state index in [-0.39, 0.29) is 0 Å². The summed E-state index contributed by atoms with van der Waals surface area (Å²) in [6.07, 6.45) is 0. The number of hydrogen-bond donors (Lipinski definition) is 1. The minimum atomic E-state index is 0.787. The van der Waals surface area contributed by atoms with Gasteiger partial charge in [-0.1, -0.05) is 170 Å². The summed E-state index contributed by atoms with van der Waals surface area (Å²) >= 11 is 0. The Morgan fingerprint density at radius 1 is 0.250 bits per heavy atom. The van der Waals surface area contributed by atoms with E-state index < -0.39 is 0 Å². The molecule has 0 unspecified atom stereocenters. The van der Waals surface area contributed by atoms with Crippen LogP contribution in [-0.4, -0.2) is 4.98 Å². The number of anilines is 6. The highest BCUT2D eigenvalue weighted by Gasteiger charge is 2.26. The first-order valence-corrected chi connectivity index (χ1v) is 28.5. The van der Waals surface area contributed by atoms with Crippen LogP contribution in [0.5, 0.6) is 0 Å². The molecule has 0 saturated heterocycles. The number of aromatic amines is 1. The number of benzene rings is 14. The SMILES string of the molecule is c1ccc(-c2c3cc4oc5cc(N(c6ccccc6)c6ccc7c(c6)oc6c8ccccc8ccc76)ccc5c4c(-c4ccccc4)c3cc3oc4cc(N(c5ccccc5)c5ccc6c(c5)[nH]c5c7ccccc7ccc65)ccc4c23)cc1. The predicted molar refractivity (Wildman–Crippen MR) is 350 cm³/mol. The second-order valence-electron chi connectivity index (χ2n) is 22.0. The summed E-state index contributed by atoms with van der Waals surface area (Å²) in [5.41, 5.74) is 17.6. The summed E-state index contributed by atoms with van der Waals surface area (Å²) in [6.45, 7) is 0. The zero-order valence-corrected chi connectivity index (χ0v) is 45.2. The van der Waals surface area contributed by atoms with Gasteiger partial charge < -0.3 is 28.0 Å². The molecule has 0 aliphatic carbocycles. The highest BCUT2D eigenvalue weighted by atomic mass is 16.3. The van der Waals surface area contributed by atoms with Crippen LogP contribution in [0.15, 0.2) is 292 Å². The number of aromatic nitrogens is 1. The molecule has 6 heteroatoms. The lowest BCUT2D eigenvalue weighted by molar-refractivity contribution is 0.668. The summed E-state index contributed by atoms with van der Waals surface area (Å²) in [6, 6.07) is 99.5. The van der Waals surface area contributed by atoms with Gasteiger partial charge in [-0.05, 0) is 124 Å². The number of hydrogen-bond acceptors (Lipinski definition) is 5. The molecule has 0 aliphatic heterocycles. The molecule has 18 rings (SSSR count). The van der Waals surface area contributed by atoms with Gasteiger partial charge in [0, 0.05) is 123 Å². The van der Waals surface area contributed by atoms with Gasteiger partial charge >= 0.3 is 0 Å². The Hall–Kier alpha value is -11.3. The molecular weight excluding hydrogens is 1030 g/mol. The topological polar surface area (TPSA) is 61.7 Å². The van der Waals surface area contributed by atoms with Crippen LogP contribution >= 0.6 is 0 Å². The smallest absolute Gasteiger partial charge is 0.143 e. The van der Waals surface area contributed by atoms with Crippen molar-refractivity contribution in [2.75, 3.05) is 9.80 Å². The third-order valence-corrected chi connectivity index (χ3v) is 17.3. The number of rotatable bonds is 8. The first-order chi connectivity index (χ1) is 41.6. The van der Waals surface area contributed by atoms with E-state index in [2.05, 4.69) is 294 Å². The number of furan rings is 3. The van der Waals surface area contributed by atoms with E-state index in [1.54, 1.807) is 0 Å². The van der Waals surface area contributed by atoms with Crippen LogP contribution in [0.3, 0.4) is 0 Å². The highest BCUT2D eigenvalue weighted by molar-refractivity contribution is 6.29. The number of H-pyrrole nitrogens is 1. The average molecular weight is 1070 g/mol. The third-order valence-electron chi connectivity index (χ3n) is 17.3. The minimum Gasteiger partial charge on any atom is -0.456 e. The first kappa shape index (κ1) is 46.4. The van der Waals surface area contributed by atoms with Crippen molar-refractivity contribution in [3.63, 3.8) is 0 Å². The van der Waals surface area contributed by atoms with Gasteiger partial charge in [0.2, 0.25) is 0 Å². The maximum atomic E-state index is 7.23. The molecule has 0 bridgehead atoms. The van der Waals surface area contributed by atoms with Crippen LogP contribution in [0.1, 0.15) is 0 Å². The van der Waals surface area contributed by atoms with Gasteiger partial charge in [-0.3, -0.25) is 0 Å². The van der Waals surface area contributed by atoms with E-state index in [1.165, 1.54) is 21.5 Å².